The molecule has 8 heteroatoms. The van der Waals surface area contributed by atoms with Crippen molar-refractivity contribution >= 4 is 34.8 Å². The maximum Gasteiger partial charge on any atom is 0.251 e. The number of benzene rings is 2. The summed E-state index contributed by atoms with van der Waals surface area (Å²) in [6.45, 7) is 2.63. The summed E-state index contributed by atoms with van der Waals surface area (Å²) in [5.41, 5.74) is 2.49. The molecular weight excluding hydrogens is 372 g/mol. The van der Waals surface area contributed by atoms with Gasteiger partial charge in [0.25, 0.3) is 5.91 Å². The minimum Gasteiger partial charge on any atom is -0.385 e. The van der Waals surface area contributed by atoms with Gasteiger partial charge in [0.15, 0.2) is 0 Å². The van der Waals surface area contributed by atoms with Crippen LogP contribution in [-0.4, -0.2) is 44.5 Å². The molecule has 0 saturated heterocycles. The van der Waals surface area contributed by atoms with Crippen LogP contribution in [0.3, 0.4) is 0 Å². The minimum atomic E-state index is -0.230. The fourth-order valence-electron chi connectivity index (χ4n) is 2.52. The van der Waals surface area contributed by atoms with Crippen LogP contribution in [0.5, 0.6) is 0 Å². The maximum absolute atomic E-state index is 12.1. The van der Waals surface area contributed by atoms with E-state index in [1.54, 1.807) is 55.6 Å². The van der Waals surface area contributed by atoms with Gasteiger partial charge in [-0.3, -0.25) is 14.4 Å². The first-order chi connectivity index (χ1) is 14.0. The Morgan fingerprint density at radius 2 is 1.66 bits per heavy atom. The summed E-state index contributed by atoms with van der Waals surface area (Å²) in [6, 6.07) is 13.8. The first-order valence-corrected chi connectivity index (χ1v) is 9.26. The summed E-state index contributed by atoms with van der Waals surface area (Å²) in [5.74, 6) is -0.557. The molecule has 3 amide bonds. The van der Waals surface area contributed by atoms with Gasteiger partial charge in [0.1, 0.15) is 0 Å². The van der Waals surface area contributed by atoms with Crippen molar-refractivity contribution in [1.82, 2.24) is 5.32 Å². The molecule has 0 aliphatic heterocycles. The molecule has 0 aliphatic rings. The lowest BCUT2D eigenvalue weighted by atomic mass is 10.2. The first-order valence-electron chi connectivity index (χ1n) is 9.26. The maximum atomic E-state index is 12.1. The number of anilines is 3. The van der Waals surface area contributed by atoms with Crippen LogP contribution in [0.4, 0.5) is 17.1 Å². The lowest BCUT2D eigenvalue weighted by Gasteiger charge is -2.10. The Balaban J connectivity index is 1.80. The summed E-state index contributed by atoms with van der Waals surface area (Å²) in [5, 5.41) is 11.3. The van der Waals surface area contributed by atoms with Crippen LogP contribution in [0.25, 0.3) is 0 Å². The second kappa shape index (κ2) is 11.5. The van der Waals surface area contributed by atoms with E-state index in [1.165, 1.54) is 6.92 Å². The molecule has 154 valence electrons. The van der Waals surface area contributed by atoms with E-state index in [2.05, 4.69) is 21.3 Å². The Morgan fingerprint density at radius 3 is 2.34 bits per heavy atom. The molecule has 0 unspecified atom stereocenters. The monoisotopic (exact) mass is 398 g/mol. The van der Waals surface area contributed by atoms with Gasteiger partial charge < -0.3 is 26.0 Å². The highest BCUT2D eigenvalue weighted by molar-refractivity contribution is 5.96. The van der Waals surface area contributed by atoms with Crippen LogP contribution in [0.15, 0.2) is 48.5 Å². The summed E-state index contributed by atoms with van der Waals surface area (Å²) in [7, 11) is 1.62. The van der Waals surface area contributed by atoms with E-state index >= 15 is 0 Å². The largest absolute Gasteiger partial charge is 0.385 e. The Hall–Kier alpha value is -3.39. The average Bonchev–Trinajstić information content (AvgIpc) is 2.70. The molecule has 0 atom stereocenters. The van der Waals surface area contributed by atoms with Crippen LogP contribution >= 0.6 is 0 Å². The van der Waals surface area contributed by atoms with Crippen molar-refractivity contribution in [2.24, 2.45) is 0 Å². The lowest BCUT2D eigenvalue weighted by Crippen LogP contribution is -2.25. The van der Waals surface area contributed by atoms with E-state index in [4.69, 9.17) is 4.74 Å². The third-order valence-electron chi connectivity index (χ3n) is 3.88. The number of carbonyl (C=O) groups is 3. The van der Waals surface area contributed by atoms with E-state index < -0.39 is 0 Å². The van der Waals surface area contributed by atoms with E-state index in [1.807, 2.05) is 0 Å². The highest BCUT2D eigenvalue weighted by Crippen LogP contribution is 2.15. The number of rotatable bonds is 10. The van der Waals surface area contributed by atoms with E-state index in [-0.39, 0.29) is 24.3 Å². The van der Waals surface area contributed by atoms with Crippen molar-refractivity contribution in [1.29, 1.82) is 0 Å². The standard InChI is InChI=1S/C21H26N4O4/c1-15(26)24-19-6-3-5-18(13-19)23-14-20(27)25-17-9-7-16(8-10-17)21(28)22-11-4-12-29-2/h3,5-10,13,23H,4,11-12,14H2,1-2H3,(H,22,28)(H,24,26)(H,25,27). The zero-order chi connectivity index (χ0) is 21.1. The van der Waals surface area contributed by atoms with E-state index in [0.29, 0.717) is 35.8 Å². The molecule has 2 rings (SSSR count). The van der Waals surface area contributed by atoms with Gasteiger partial charge in [0.2, 0.25) is 11.8 Å². The number of hydrogen-bond donors (Lipinski definition) is 4. The number of amides is 3. The van der Waals surface area contributed by atoms with Gasteiger partial charge in [-0.2, -0.15) is 0 Å². The molecule has 2 aromatic carbocycles. The van der Waals surface area contributed by atoms with Crippen molar-refractivity contribution in [2.45, 2.75) is 13.3 Å². The normalized spacial score (nSPS) is 10.1. The topological polar surface area (TPSA) is 109 Å². The molecule has 0 heterocycles. The SMILES string of the molecule is COCCCNC(=O)c1ccc(NC(=O)CNc2cccc(NC(C)=O)c2)cc1. The fourth-order valence-corrected chi connectivity index (χ4v) is 2.52. The van der Waals surface area contributed by atoms with Crippen LogP contribution in [-0.2, 0) is 14.3 Å². The first kappa shape index (κ1) is 21.9. The Morgan fingerprint density at radius 1 is 0.931 bits per heavy atom. The molecule has 2 aromatic rings. The number of hydrogen-bond acceptors (Lipinski definition) is 5. The summed E-state index contributed by atoms with van der Waals surface area (Å²) < 4.78 is 4.94. The number of methoxy groups -OCH3 is 1. The Labute approximate surface area is 170 Å². The Bertz CT molecular complexity index is 837. The van der Waals surface area contributed by atoms with Gasteiger partial charge in [-0.15, -0.1) is 0 Å². The number of nitrogens with one attached hydrogen (secondary N) is 4. The van der Waals surface area contributed by atoms with E-state index in [9.17, 15) is 14.4 Å². The predicted octanol–water partition coefficient (Wildman–Crippen LogP) is 2.46. The molecular formula is C21H26N4O4. The highest BCUT2D eigenvalue weighted by Gasteiger charge is 2.07. The summed E-state index contributed by atoms with van der Waals surface area (Å²) in [4.78, 5) is 35.3. The molecule has 0 bridgehead atoms. The molecule has 8 nitrogen and oxygen atoms in total. The van der Waals surface area contributed by atoms with Gasteiger partial charge >= 0.3 is 0 Å². The van der Waals surface area contributed by atoms with Crippen molar-refractivity contribution < 1.29 is 19.1 Å². The van der Waals surface area contributed by atoms with E-state index in [0.717, 1.165) is 6.42 Å². The zero-order valence-electron chi connectivity index (χ0n) is 16.6. The highest BCUT2D eigenvalue weighted by atomic mass is 16.5. The molecule has 0 aliphatic carbocycles. The number of ether oxygens (including phenoxy) is 1. The third-order valence-corrected chi connectivity index (χ3v) is 3.88. The molecule has 4 N–H and O–H groups in total. The van der Waals surface area contributed by atoms with Crippen molar-refractivity contribution in [2.75, 3.05) is 42.8 Å². The summed E-state index contributed by atoms with van der Waals surface area (Å²) >= 11 is 0. The molecule has 0 fully saturated rings. The third kappa shape index (κ3) is 8.02. The molecule has 0 saturated carbocycles. The molecule has 29 heavy (non-hydrogen) atoms. The van der Waals surface area contributed by atoms with Crippen molar-refractivity contribution in [3.63, 3.8) is 0 Å². The smallest absolute Gasteiger partial charge is 0.251 e. The van der Waals surface area contributed by atoms with Gasteiger partial charge in [-0.05, 0) is 48.9 Å². The molecule has 0 radical (unpaired) electrons. The van der Waals surface area contributed by atoms with Gasteiger partial charge in [0, 0.05) is 49.8 Å². The van der Waals surface area contributed by atoms with Crippen LogP contribution in [0.1, 0.15) is 23.7 Å². The number of carbonyl (C=O) groups excluding carboxylic acids is 3. The van der Waals surface area contributed by atoms with Gasteiger partial charge in [-0.1, -0.05) is 6.07 Å². The molecule has 0 spiro atoms. The van der Waals surface area contributed by atoms with Crippen molar-refractivity contribution in [3.8, 4) is 0 Å². The van der Waals surface area contributed by atoms with Crippen molar-refractivity contribution in [3.05, 3.63) is 54.1 Å². The quantitative estimate of drug-likeness (QED) is 0.460. The van der Waals surface area contributed by atoms with Gasteiger partial charge in [-0.25, -0.2) is 0 Å². The predicted molar refractivity (Wildman–Crippen MR) is 113 cm³/mol. The Kier molecular flexibility index (Phi) is 8.65. The summed E-state index contributed by atoms with van der Waals surface area (Å²) in [6.07, 6.45) is 0.747. The zero-order valence-corrected chi connectivity index (χ0v) is 16.6. The van der Waals surface area contributed by atoms with Gasteiger partial charge in [0.05, 0.1) is 6.54 Å². The van der Waals surface area contributed by atoms with Crippen LogP contribution in [0, 0.1) is 0 Å². The lowest BCUT2D eigenvalue weighted by molar-refractivity contribution is -0.115. The second-order valence-corrected chi connectivity index (χ2v) is 6.34. The molecule has 0 aromatic heterocycles. The van der Waals surface area contributed by atoms with Crippen LogP contribution < -0.4 is 21.3 Å². The minimum absolute atomic E-state index is 0.0608. The second-order valence-electron chi connectivity index (χ2n) is 6.34. The average molecular weight is 398 g/mol. The fraction of sp³-hybridized carbons (Fsp3) is 0.286. The van der Waals surface area contributed by atoms with Crippen LogP contribution in [0.2, 0.25) is 0 Å².